The van der Waals surface area contributed by atoms with E-state index in [0.717, 1.165) is 6.42 Å². The number of aliphatic hydroxyl groups is 3. The van der Waals surface area contributed by atoms with E-state index in [1.807, 2.05) is 6.92 Å². The minimum Gasteiger partial charge on any atom is -0.504 e. The van der Waals surface area contributed by atoms with Crippen molar-refractivity contribution >= 4 is 23.7 Å². The molecular weight excluding hydrogens is 524 g/mol. The quantitative estimate of drug-likeness (QED) is 0.187. The number of allylic oxidation sites excluding steroid dienone is 3. The average Bonchev–Trinajstić information content (AvgIpc) is 3.18. The number of unbranched alkanes of at least 4 members (excludes halogenated alkanes) is 1. The Morgan fingerprint density at radius 3 is 2.52 bits per heavy atom. The minimum atomic E-state index is -2.22. The third-order valence-corrected chi connectivity index (χ3v) is 10.0. The van der Waals surface area contributed by atoms with Crippen LogP contribution >= 0.6 is 0 Å². The molecule has 3 aliphatic carbocycles. The average molecular weight is 563 g/mol. The molecule has 0 aromatic carbocycles. The molecule has 2 heterocycles. The standard InChI is InChI=1S/C29H38O11/c1-6-7-8-37-26(36)29-23-21(40-18(31)9-13(2)3)25(35)39-17-10-15-14(4)19(32)16(30)11-27(15,5)22(20(33)24(29)34)28(17,23)12-38-29/h9,15,17,20-24,32-34H,6-8,10-12H2,1-5H3/t15-,17+,20+,21+,22+,23+,24-,27-,28+,29-/m0/s1. The molecule has 2 bridgehead atoms. The highest BCUT2D eigenvalue weighted by atomic mass is 16.6. The molecule has 3 N–H and O–H groups in total. The Balaban J connectivity index is 1.70. The van der Waals surface area contributed by atoms with E-state index in [9.17, 15) is 34.5 Å². The van der Waals surface area contributed by atoms with Crippen LogP contribution < -0.4 is 0 Å². The first-order chi connectivity index (χ1) is 18.8. The molecule has 10 atom stereocenters. The van der Waals surface area contributed by atoms with Crippen LogP contribution in [-0.4, -0.2) is 82.2 Å². The van der Waals surface area contributed by atoms with Gasteiger partial charge < -0.3 is 34.3 Å². The maximum atomic E-state index is 13.8. The lowest BCUT2D eigenvalue weighted by Crippen LogP contribution is -2.79. The lowest BCUT2D eigenvalue weighted by atomic mass is 9.38. The fourth-order valence-corrected chi connectivity index (χ4v) is 8.51. The van der Waals surface area contributed by atoms with Crippen molar-refractivity contribution in [3.63, 3.8) is 0 Å². The number of hydrogen-bond donors (Lipinski definition) is 3. The van der Waals surface area contributed by atoms with Crippen molar-refractivity contribution in [1.29, 1.82) is 0 Å². The number of carbonyl (C=O) groups is 4. The monoisotopic (exact) mass is 562 g/mol. The second kappa shape index (κ2) is 9.66. The predicted molar refractivity (Wildman–Crippen MR) is 136 cm³/mol. The minimum absolute atomic E-state index is 0.0278. The Kier molecular flexibility index (Phi) is 6.95. The Hall–Kier alpha value is -2.76. The molecule has 5 aliphatic rings. The van der Waals surface area contributed by atoms with Crippen molar-refractivity contribution in [2.75, 3.05) is 13.2 Å². The summed E-state index contributed by atoms with van der Waals surface area (Å²) < 4.78 is 23.3. The molecule has 1 spiro atoms. The number of fused-ring (bicyclic) bond motifs is 2. The number of hydrogen-bond acceptors (Lipinski definition) is 11. The highest BCUT2D eigenvalue weighted by molar-refractivity contribution is 5.95. The summed E-state index contributed by atoms with van der Waals surface area (Å²) in [6.45, 7) is 8.53. The van der Waals surface area contributed by atoms with E-state index in [0.29, 0.717) is 17.6 Å². The van der Waals surface area contributed by atoms with Crippen molar-refractivity contribution in [3.8, 4) is 0 Å². The molecule has 11 nitrogen and oxygen atoms in total. The van der Waals surface area contributed by atoms with E-state index in [1.165, 1.54) is 6.08 Å². The number of rotatable bonds is 6. The molecule has 0 amide bonds. The summed E-state index contributed by atoms with van der Waals surface area (Å²) in [5.74, 6) is -6.20. The van der Waals surface area contributed by atoms with Crippen LogP contribution in [0.15, 0.2) is 23.0 Å². The van der Waals surface area contributed by atoms with Crippen LogP contribution in [0.3, 0.4) is 0 Å². The lowest BCUT2D eigenvalue weighted by Gasteiger charge is -2.67. The second-order valence-corrected chi connectivity index (χ2v) is 12.5. The van der Waals surface area contributed by atoms with Gasteiger partial charge in [-0.05, 0) is 50.5 Å². The van der Waals surface area contributed by atoms with Gasteiger partial charge in [-0.25, -0.2) is 14.4 Å². The first-order valence-electron chi connectivity index (χ1n) is 13.9. The second-order valence-electron chi connectivity index (χ2n) is 12.5. The molecule has 0 aromatic heterocycles. The van der Waals surface area contributed by atoms with Gasteiger partial charge in [-0.2, -0.15) is 0 Å². The predicted octanol–water partition coefficient (Wildman–Crippen LogP) is 1.69. The summed E-state index contributed by atoms with van der Waals surface area (Å²) in [6, 6.07) is 0. The summed E-state index contributed by atoms with van der Waals surface area (Å²) in [5.41, 5.74) is -3.50. The smallest absolute Gasteiger partial charge is 0.348 e. The fraction of sp³-hybridized carbons (Fsp3) is 0.724. The summed E-state index contributed by atoms with van der Waals surface area (Å²) in [6.07, 6.45) is -3.50. The van der Waals surface area contributed by atoms with Gasteiger partial charge in [0.05, 0.1) is 25.2 Å². The van der Waals surface area contributed by atoms with Crippen molar-refractivity contribution in [2.45, 2.75) is 90.3 Å². The lowest BCUT2D eigenvalue weighted by molar-refractivity contribution is -0.290. The molecule has 5 rings (SSSR count). The van der Waals surface area contributed by atoms with Gasteiger partial charge in [-0.3, -0.25) is 4.79 Å². The SMILES string of the molecule is CCCCOC(=O)[C@@]12OC[C@]34[C@H]([C@@H](O)[C@@H]1O)[C@@]1(C)CC(=O)C(O)=C(C)[C@@H]1C[C@H]3OC(=O)[C@H](OC(=O)C=C(C)C)[C@@H]24. The number of carbonyl (C=O) groups excluding carboxylic acids is 4. The normalized spacial score (nSPS) is 43.3. The maximum absolute atomic E-state index is 13.8. The van der Waals surface area contributed by atoms with Crippen LogP contribution in [-0.2, 0) is 38.1 Å². The van der Waals surface area contributed by atoms with Gasteiger partial charge in [0.25, 0.3) is 0 Å². The van der Waals surface area contributed by atoms with Gasteiger partial charge in [0, 0.05) is 23.8 Å². The third kappa shape index (κ3) is 3.66. The van der Waals surface area contributed by atoms with Crippen molar-refractivity contribution in [3.05, 3.63) is 23.0 Å². The summed E-state index contributed by atoms with van der Waals surface area (Å²) in [5, 5.41) is 34.0. The van der Waals surface area contributed by atoms with Crippen LogP contribution in [0.2, 0.25) is 0 Å². The number of ketones is 1. The molecule has 4 fully saturated rings. The van der Waals surface area contributed by atoms with E-state index >= 15 is 0 Å². The largest absolute Gasteiger partial charge is 0.504 e. The van der Waals surface area contributed by atoms with Crippen LogP contribution in [0.4, 0.5) is 0 Å². The Morgan fingerprint density at radius 2 is 1.88 bits per heavy atom. The zero-order valence-corrected chi connectivity index (χ0v) is 23.5. The molecule has 2 aliphatic heterocycles. The van der Waals surface area contributed by atoms with Gasteiger partial charge >= 0.3 is 17.9 Å². The van der Waals surface area contributed by atoms with Crippen molar-refractivity contribution in [1.82, 2.24) is 0 Å². The van der Waals surface area contributed by atoms with Gasteiger partial charge in [-0.1, -0.05) is 25.8 Å². The molecule has 0 radical (unpaired) electrons. The molecule has 11 heteroatoms. The molecule has 40 heavy (non-hydrogen) atoms. The molecule has 2 saturated carbocycles. The number of aliphatic hydroxyl groups excluding tert-OH is 3. The van der Waals surface area contributed by atoms with Crippen LogP contribution in [0.1, 0.15) is 60.3 Å². The van der Waals surface area contributed by atoms with E-state index < -0.39 is 82.3 Å². The van der Waals surface area contributed by atoms with Gasteiger partial charge in [0.2, 0.25) is 11.7 Å². The molecular formula is C29H38O11. The number of esters is 3. The zero-order valence-electron chi connectivity index (χ0n) is 23.5. The maximum Gasteiger partial charge on any atom is 0.348 e. The summed E-state index contributed by atoms with van der Waals surface area (Å²) in [7, 11) is 0. The van der Waals surface area contributed by atoms with E-state index in [-0.39, 0.29) is 31.8 Å². The van der Waals surface area contributed by atoms with Gasteiger partial charge in [-0.15, -0.1) is 0 Å². The number of Topliss-reactive ketones (excluding diaryl/α,β-unsaturated/α-hetero) is 1. The highest BCUT2D eigenvalue weighted by Gasteiger charge is 2.85. The first kappa shape index (κ1) is 28.8. The topological polar surface area (TPSA) is 166 Å². The van der Waals surface area contributed by atoms with Crippen LogP contribution in [0.5, 0.6) is 0 Å². The number of ether oxygens (including phenoxy) is 4. The van der Waals surface area contributed by atoms with Gasteiger partial charge in [0.1, 0.15) is 12.2 Å². The van der Waals surface area contributed by atoms with E-state index in [2.05, 4.69) is 0 Å². The van der Waals surface area contributed by atoms with Crippen LogP contribution in [0, 0.1) is 28.6 Å². The molecule has 0 aromatic rings. The molecule has 220 valence electrons. The van der Waals surface area contributed by atoms with Crippen LogP contribution in [0.25, 0.3) is 0 Å². The van der Waals surface area contributed by atoms with E-state index in [1.54, 1.807) is 27.7 Å². The Morgan fingerprint density at radius 1 is 1.18 bits per heavy atom. The van der Waals surface area contributed by atoms with E-state index in [4.69, 9.17) is 18.9 Å². The van der Waals surface area contributed by atoms with Gasteiger partial charge in [0.15, 0.2) is 11.5 Å². The zero-order chi connectivity index (χ0) is 29.4. The van der Waals surface area contributed by atoms with Crippen molar-refractivity contribution < 1.29 is 53.4 Å². The Labute approximate surface area is 232 Å². The third-order valence-electron chi connectivity index (χ3n) is 10.0. The fourth-order valence-electron chi connectivity index (χ4n) is 8.51. The summed E-state index contributed by atoms with van der Waals surface area (Å²) in [4.78, 5) is 53.1. The molecule has 0 unspecified atom stereocenters. The Bertz CT molecular complexity index is 1200. The summed E-state index contributed by atoms with van der Waals surface area (Å²) >= 11 is 0. The molecule has 2 saturated heterocycles. The van der Waals surface area contributed by atoms with Crippen molar-refractivity contribution in [2.24, 2.45) is 28.6 Å². The first-order valence-corrected chi connectivity index (χ1v) is 13.9. The highest BCUT2D eigenvalue weighted by Crippen LogP contribution is 2.72.